The average Bonchev–Trinajstić information content (AvgIpc) is 3.05. The van der Waals surface area contributed by atoms with Gasteiger partial charge in [0, 0.05) is 24.5 Å². The Hall–Kier alpha value is -3.93. The van der Waals surface area contributed by atoms with Crippen molar-refractivity contribution in [2.24, 2.45) is 0 Å². The molecule has 0 bridgehead atoms. The molecule has 162 valence electrons. The largest absolute Gasteiger partial charge is 0.507 e. The predicted molar refractivity (Wildman–Crippen MR) is 121 cm³/mol. The van der Waals surface area contributed by atoms with E-state index in [0.29, 0.717) is 17.9 Å². The molecular weight excluding hydrogens is 404 g/mol. The van der Waals surface area contributed by atoms with E-state index >= 15 is 0 Å². The molecule has 6 nitrogen and oxygen atoms in total. The lowest BCUT2D eigenvalue weighted by molar-refractivity contribution is -0.140. The molecule has 1 amide bonds. The number of aliphatic hydroxyl groups is 1. The molecule has 4 rings (SSSR count). The van der Waals surface area contributed by atoms with Gasteiger partial charge in [0.1, 0.15) is 11.5 Å². The molecule has 1 aromatic heterocycles. The normalized spacial score (nSPS) is 17.6. The van der Waals surface area contributed by atoms with Crippen molar-refractivity contribution in [3.63, 3.8) is 0 Å². The summed E-state index contributed by atoms with van der Waals surface area (Å²) < 4.78 is 5.53. The number of Topliss-reactive ketones (excluding diaryl/α,β-unsaturated/α-hetero) is 1. The van der Waals surface area contributed by atoms with E-state index in [1.165, 1.54) is 4.90 Å². The summed E-state index contributed by atoms with van der Waals surface area (Å²) in [6, 6.07) is 17.4. The van der Waals surface area contributed by atoms with E-state index in [1.807, 2.05) is 38.1 Å². The van der Waals surface area contributed by atoms with E-state index in [-0.39, 0.29) is 17.9 Å². The van der Waals surface area contributed by atoms with Gasteiger partial charge in [0.05, 0.1) is 18.2 Å². The van der Waals surface area contributed by atoms with E-state index in [9.17, 15) is 14.7 Å². The van der Waals surface area contributed by atoms with E-state index < -0.39 is 17.7 Å². The lowest BCUT2D eigenvalue weighted by Gasteiger charge is -2.25. The van der Waals surface area contributed by atoms with E-state index in [2.05, 4.69) is 4.98 Å². The zero-order valence-electron chi connectivity index (χ0n) is 18.0. The van der Waals surface area contributed by atoms with Crippen molar-refractivity contribution in [3.05, 3.63) is 101 Å². The van der Waals surface area contributed by atoms with Gasteiger partial charge in [-0.1, -0.05) is 42.0 Å². The number of carbonyl (C=O) groups excluding carboxylic acids is 2. The van der Waals surface area contributed by atoms with Crippen molar-refractivity contribution in [3.8, 4) is 5.75 Å². The molecule has 1 aliphatic heterocycles. The van der Waals surface area contributed by atoms with Gasteiger partial charge in [0.15, 0.2) is 0 Å². The van der Waals surface area contributed by atoms with Gasteiger partial charge in [0.25, 0.3) is 11.7 Å². The van der Waals surface area contributed by atoms with Crippen LogP contribution in [0.3, 0.4) is 0 Å². The highest BCUT2D eigenvalue weighted by Gasteiger charge is 2.46. The molecule has 1 N–H and O–H groups in total. The average molecular weight is 428 g/mol. The van der Waals surface area contributed by atoms with Crippen LogP contribution >= 0.6 is 0 Å². The fourth-order valence-electron chi connectivity index (χ4n) is 3.88. The molecule has 1 fully saturated rings. The fraction of sp³-hybridized carbons (Fsp3) is 0.192. The van der Waals surface area contributed by atoms with Crippen molar-refractivity contribution in [2.45, 2.75) is 26.4 Å². The van der Waals surface area contributed by atoms with Gasteiger partial charge in [-0.2, -0.15) is 0 Å². The van der Waals surface area contributed by atoms with Crippen LogP contribution in [0.2, 0.25) is 0 Å². The minimum Gasteiger partial charge on any atom is -0.507 e. The first kappa shape index (κ1) is 21.3. The Morgan fingerprint density at radius 1 is 1.06 bits per heavy atom. The zero-order chi connectivity index (χ0) is 22.7. The van der Waals surface area contributed by atoms with Crippen molar-refractivity contribution < 1.29 is 19.4 Å². The number of rotatable bonds is 6. The monoisotopic (exact) mass is 428 g/mol. The Labute approximate surface area is 186 Å². The van der Waals surface area contributed by atoms with Gasteiger partial charge in [-0.05, 0) is 49.2 Å². The van der Waals surface area contributed by atoms with Crippen LogP contribution in [0, 0.1) is 6.92 Å². The van der Waals surface area contributed by atoms with Crippen LogP contribution < -0.4 is 4.74 Å². The summed E-state index contributed by atoms with van der Waals surface area (Å²) in [6.45, 7) is 4.54. The Bertz CT molecular complexity index is 1170. The van der Waals surface area contributed by atoms with Crippen LogP contribution in [0.4, 0.5) is 0 Å². The number of likely N-dealkylation sites (tertiary alicyclic amines) is 1. The molecular formula is C26H24N2O4. The summed E-state index contributed by atoms with van der Waals surface area (Å²) >= 11 is 0. The number of amides is 1. The van der Waals surface area contributed by atoms with Crippen molar-refractivity contribution in [1.82, 2.24) is 9.88 Å². The standard InChI is InChI=1S/C26H24N2O4/c1-3-32-21-6-4-5-20(15-21)24(29)22-23(19-9-7-17(2)8-10-19)28(26(31)25(22)30)16-18-11-13-27-14-12-18/h4-15,23,29H,3,16H2,1-2H3/b24-22+. The third kappa shape index (κ3) is 4.12. The van der Waals surface area contributed by atoms with E-state index in [4.69, 9.17) is 4.74 Å². The van der Waals surface area contributed by atoms with Gasteiger partial charge >= 0.3 is 0 Å². The lowest BCUT2D eigenvalue weighted by Crippen LogP contribution is -2.29. The Morgan fingerprint density at radius 3 is 2.47 bits per heavy atom. The second-order valence-corrected chi connectivity index (χ2v) is 7.65. The number of aromatic nitrogens is 1. The van der Waals surface area contributed by atoms with E-state index in [0.717, 1.165) is 16.7 Å². The van der Waals surface area contributed by atoms with E-state index in [1.54, 1.807) is 48.8 Å². The summed E-state index contributed by atoms with van der Waals surface area (Å²) in [5.41, 5.74) is 3.16. The summed E-state index contributed by atoms with van der Waals surface area (Å²) in [7, 11) is 0. The number of aliphatic hydroxyl groups excluding tert-OH is 1. The SMILES string of the molecule is CCOc1cccc(/C(O)=C2\C(=O)C(=O)N(Cc3ccncc3)C2c2ccc(C)cc2)c1. The minimum absolute atomic E-state index is 0.0709. The first-order valence-corrected chi connectivity index (χ1v) is 10.5. The van der Waals surface area contributed by atoms with Crippen LogP contribution in [-0.4, -0.2) is 33.3 Å². The summed E-state index contributed by atoms with van der Waals surface area (Å²) in [4.78, 5) is 31.7. The number of benzene rings is 2. The third-order valence-corrected chi connectivity index (χ3v) is 5.45. The molecule has 0 saturated carbocycles. The molecule has 3 aromatic rings. The minimum atomic E-state index is -0.709. The van der Waals surface area contributed by atoms with Crippen molar-refractivity contribution in [2.75, 3.05) is 6.61 Å². The molecule has 32 heavy (non-hydrogen) atoms. The maximum atomic E-state index is 13.1. The number of ether oxygens (including phenoxy) is 1. The predicted octanol–water partition coefficient (Wildman–Crippen LogP) is 4.41. The van der Waals surface area contributed by atoms with Gasteiger partial charge in [-0.3, -0.25) is 14.6 Å². The smallest absolute Gasteiger partial charge is 0.295 e. The molecule has 2 heterocycles. The van der Waals surface area contributed by atoms with Crippen LogP contribution in [-0.2, 0) is 16.1 Å². The molecule has 0 spiro atoms. The van der Waals surface area contributed by atoms with Gasteiger partial charge in [-0.15, -0.1) is 0 Å². The topological polar surface area (TPSA) is 79.7 Å². The Balaban J connectivity index is 1.84. The molecule has 2 aromatic carbocycles. The van der Waals surface area contributed by atoms with Crippen LogP contribution in [0.25, 0.3) is 5.76 Å². The van der Waals surface area contributed by atoms with Crippen LogP contribution in [0.1, 0.15) is 35.2 Å². The first-order valence-electron chi connectivity index (χ1n) is 10.5. The van der Waals surface area contributed by atoms with Gasteiger partial charge in [-0.25, -0.2) is 0 Å². The fourth-order valence-corrected chi connectivity index (χ4v) is 3.88. The molecule has 1 aliphatic rings. The van der Waals surface area contributed by atoms with Gasteiger partial charge < -0.3 is 14.7 Å². The highest BCUT2D eigenvalue weighted by molar-refractivity contribution is 6.46. The number of aryl methyl sites for hydroxylation is 1. The molecule has 1 unspecified atom stereocenters. The first-order chi connectivity index (χ1) is 15.5. The van der Waals surface area contributed by atoms with Crippen LogP contribution in [0.5, 0.6) is 5.75 Å². The maximum Gasteiger partial charge on any atom is 0.295 e. The summed E-state index contributed by atoms with van der Waals surface area (Å²) in [5.74, 6) is -0.985. The second kappa shape index (κ2) is 9.06. The molecule has 0 radical (unpaired) electrons. The Kier molecular flexibility index (Phi) is 6.03. The zero-order valence-corrected chi connectivity index (χ0v) is 18.0. The van der Waals surface area contributed by atoms with Crippen molar-refractivity contribution >= 4 is 17.4 Å². The number of nitrogens with zero attached hydrogens (tertiary/aromatic N) is 2. The molecule has 0 aliphatic carbocycles. The van der Waals surface area contributed by atoms with Crippen molar-refractivity contribution in [1.29, 1.82) is 0 Å². The summed E-state index contributed by atoms with van der Waals surface area (Å²) in [6.07, 6.45) is 3.29. The van der Waals surface area contributed by atoms with Gasteiger partial charge in [0.2, 0.25) is 0 Å². The molecule has 1 atom stereocenters. The third-order valence-electron chi connectivity index (χ3n) is 5.45. The highest BCUT2D eigenvalue weighted by Crippen LogP contribution is 2.40. The highest BCUT2D eigenvalue weighted by atomic mass is 16.5. The summed E-state index contributed by atoms with van der Waals surface area (Å²) in [5, 5.41) is 11.2. The Morgan fingerprint density at radius 2 is 1.78 bits per heavy atom. The number of pyridine rings is 1. The number of hydrogen-bond donors (Lipinski definition) is 1. The maximum absolute atomic E-state index is 13.1. The number of carbonyl (C=O) groups is 2. The number of ketones is 1. The number of hydrogen-bond acceptors (Lipinski definition) is 5. The second-order valence-electron chi connectivity index (χ2n) is 7.65. The quantitative estimate of drug-likeness (QED) is 0.357. The molecule has 1 saturated heterocycles. The van der Waals surface area contributed by atoms with Crippen LogP contribution in [0.15, 0.2) is 78.6 Å². The lowest BCUT2D eigenvalue weighted by atomic mass is 9.94. The molecule has 6 heteroatoms.